The summed E-state index contributed by atoms with van der Waals surface area (Å²) in [6.07, 6.45) is -0.510. The Bertz CT molecular complexity index is 1000. The van der Waals surface area contributed by atoms with Gasteiger partial charge in [0.2, 0.25) is 5.91 Å². The van der Waals surface area contributed by atoms with Crippen LogP contribution in [0.5, 0.6) is 0 Å². The molecule has 182 valence electrons. The van der Waals surface area contributed by atoms with Crippen LogP contribution < -0.4 is 10.6 Å². The number of carbonyl (C=O) groups excluding carboxylic acids is 2. The lowest BCUT2D eigenvalue weighted by molar-refractivity contribution is -0.139. The molecule has 1 aliphatic carbocycles. The fourth-order valence-corrected chi connectivity index (χ4v) is 4.33. The van der Waals surface area contributed by atoms with Crippen LogP contribution in [0.1, 0.15) is 57.6 Å². The molecule has 0 aliphatic heterocycles. The van der Waals surface area contributed by atoms with Crippen LogP contribution in [0.15, 0.2) is 48.5 Å². The molecule has 3 N–H and O–H groups in total. The number of hydrogen-bond donors (Lipinski definition) is 3. The molecule has 0 heterocycles. The van der Waals surface area contributed by atoms with E-state index in [4.69, 9.17) is 9.84 Å². The van der Waals surface area contributed by atoms with Crippen LogP contribution in [-0.4, -0.2) is 42.3 Å². The van der Waals surface area contributed by atoms with Gasteiger partial charge in [-0.2, -0.15) is 0 Å². The highest BCUT2D eigenvalue weighted by atomic mass is 16.5. The maximum absolute atomic E-state index is 12.6. The normalized spacial score (nSPS) is 13.7. The van der Waals surface area contributed by atoms with Crippen LogP contribution >= 0.6 is 0 Å². The Hall–Kier alpha value is -3.35. The Morgan fingerprint density at radius 1 is 1.00 bits per heavy atom. The molecule has 2 aromatic carbocycles. The summed E-state index contributed by atoms with van der Waals surface area (Å²) in [5.74, 6) is -1.17. The molecule has 0 aromatic heterocycles. The number of rotatable bonds is 10. The van der Waals surface area contributed by atoms with Gasteiger partial charge < -0.3 is 20.5 Å². The highest BCUT2D eigenvalue weighted by Crippen LogP contribution is 2.44. The van der Waals surface area contributed by atoms with Crippen molar-refractivity contribution in [2.45, 2.75) is 52.5 Å². The number of amides is 2. The third-order valence-electron chi connectivity index (χ3n) is 6.25. The molecule has 1 atom stereocenters. The molecule has 3 rings (SSSR count). The van der Waals surface area contributed by atoms with E-state index in [2.05, 4.69) is 34.9 Å². The Balaban J connectivity index is 1.56. The summed E-state index contributed by atoms with van der Waals surface area (Å²) in [5.41, 5.74) is 4.04. The summed E-state index contributed by atoms with van der Waals surface area (Å²) in [6.45, 7) is 7.88. The first-order valence-electron chi connectivity index (χ1n) is 11.7. The predicted molar refractivity (Wildman–Crippen MR) is 130 cm³/mol. The Morgan fingerprint density at radius 2 is 1.56 bits per heavy atom. The topological polar surface area (TPSA) is 105 Å². The molecule has 0 saturated carbocycles. The van der Waals surface area contributed by atoms with Crippen LogP contribution in [0.4, 0.5) is 4.79 Å². The van der Waals surface area contributed by atoms with Gasteiger partial charge in [-0.15, -0.1) is 0 Å². The van der Waals surface area contributed by atoms with Crippen molar-refractivity contribution < 1.29 is 24.2 Å². The number of aliphatic carboxylic acids is 1. The molecule has 0 fully saturated rings. The second-order valence-electron chi connectivity index (χ2n) is 10.0. The molecule has 7 nitrogen and oxygen atoms in total. The average Bonchev–Trinajstić information content (AvgIpc) is 3.09. The fraction of sp³-hybridized carbons (Fsp3) is 0.444. The zero-order valence-corrected chi connectivity index (χ0v) is 20.3. The lowest BCUT2D eigenvalue weighted by Gasteiger charge is -2.25. The molecule has 0 saturated heterocycles. The first-order valence-corrected chi connectivity index (χ1v) is 11.7. The van der Waals surface area contributed by atoms with Crippen LogP contribution in [0.3, 0.4) is 0 Å². The van der Waals surface area contributed by atoms with Crippen LogP contribution in [0.25, 0.3) is 11.1 Å². The highest BCUT2D eigenvalue weighted by molar-refractivity contribution is 5.79. The van der Waals surface area contributed by atoms with Gasteiger partial charge >= 0.3 is 12.1 Å². The van der Waals surface area contributed by atoms with Gasteiger partial charge in [0.25, 0.3) is 0 Å². The zero-order chi connectivity index (χ0) is 24.9. The van der Waals surface area contributed by atoms with E-state index >= 15 is 0 Å². The zero-order valence-electron chi connectivity index (χ0n) is 20.3. The number of ether oxygens (including phenoxy) is 1. The smallest absolute Gasteiger partial charge is 0.407 e. The minimum absolute atomic E-state index is 0.0123. The second-order valence-corrected chi connectivity index (χ2v) is 10.0. The number of hydrogen-bond acceptors (Lipinski definition) is 4. The number of carbonyl (C=O) groups is 3. The minimum atomic E-state index is -0.906. The quantitative estimate of drug-likeness (QED) is 0.476. The lowest BCUT2D eigenvalue weighted by atomic mass is 9.89. The van der Waals surface area contributed by atoms with E-state index in [1.807, 2.05) is 38.1 Å². The van der Waals surface area contributed by atoms with Gasteiger partial charge in [-0.1, -0.05) is 76.2 Å². The monoisotopic (exact) mass is 466 g/mol. The van der Waals surface area contributed by atoms with Crippen molar-refractivity contribution in [2.24, 2.45) is 11.3 Å². The average molecular weight is 467 g/mol. The van der Waals surface area contributed by atoms with Crippen molar-refractivity contribution in [3.63, 3.8) is 0 Å². The van der Waals surface area contributed by atoms with Gasteiger partial charge in [-0.05, 0) is 33.6 Å². The second kappa shape index (κ2) is 10.7. The third-order valence-corrected chi connectivity index (χ3v) is 6.25. The van der Waals surface area contributed by atoms with Crippen molar-refractivity contribution in [3.8, 4) is 11.1 Å². The number of benzene rings is 2. The van der Waals surface area contributed by atoms with Gasteiger partial charge in [-0.25, -0.2) is 4.79 Å². The van der Waals surface area contributed by atoms with Crippen molar-refractivity contribution in [3.05, 3.63) is 59.7 Å². The molecule has 0 radical (unpaired) electrons. The van der Waals surface area contributed by atoms with Gasteiger partial charge in [0.1, 0.15) is 6.61 Å². The molecule has 1 aliphatic rings. The summed E-state index contributed by atoms with van der Waals surface area (Å²) in [4.78, 5) is 36.1. The molecule has 1 unspecified atom stereocenters. The van der Waals surface area contributed by atoms with Crippen LogP contribution in [0.2, 0.25) is 0 Å². The number of carboxylic acid groups (broad SMARTS) is 1. The van der Waals surface area contributed by atoms with E-state index in [1.165, 1.54) is 0 Å². The van der Waals surface area contributed by atoms with Gasteiger partial charge in [0.05, 0.1) is 6.42 Å². The lowest BCUT2D eigenvalue weighted by Crippen LogP contribution is -2.44. The van der Waals surface area contributed by atoms with Crippen LogP contribution in [0, 0.1) is 11.3 Å². The first kappa shape index (κ1) is 25.3. The molecular weight excluding hydrogens is 432 g/mol. The summed E-state index contributed by atoms with van der Waals surface area (Å²) in [5, 5.41) is 14.6. The maximum Gasteiger partial charge on any atom is 0.407 e. The van der Waals surface area contributed by atoms with Crippen LogP contribution in [-0.2, 0) is 14.3 Å². The fourth-order valence-electron chi connectivity index (χ4n) is 4.33. The number of fused-ring (bicyclic) bond motifs is 3. The number of alkyl carbamates (subject to hydrolysis) is 1. The SMILES string of the molecule is CC(C)C(CC(=O)NCC(C)(C)CC(=O)O)NC(=O)OCC1c2ccccc2-c2ccccc21. The highest BCUT2D eigenvalue weighted by Gasteiger charge is 2.30. The molecule has 7 heteroatoms. The third kappa shape index (κ3) is 6.37. The summed E-state index contributed by atoms with van der Waals surface area (Å²) in [7, 11) is 0. The molecule has 2 aromatic rings. The van der Waals surface area contributed by atoms with E-state index in [0.717, 1.165) is 22.3 Å². The maximum atomic E-state index is 12.6. The predicted octanol–water partition coefficient (Wildman–Crippen LogP) is 4.56. The summed E-state index contributed by atoms with van der Waals surface area (Å²) >= 11 is 0. The molecule has 0 spiro atoms. The van der Waals surface area contributed by atoms with E-state index < -0.39 is 23.5 Å². The Morgan fingerprint density at radius 3 is 2.09 bits per heavy atom. The largest absolute Gasteiger partial charge is 0.481 e. The van der Waals surface area contributed by atoms with Gasteiger partial charge in [0.15, 0.2) is 0 Å². The molecule has 0 bridgehead atoms. The van der Waals surface area contributed by atoms with E-state index in [-0.39, 0.29) is 43.7 Å². The molecule has 2 amide bonds. The van der Waals surface area contributed by atoms with Crippen molar-refractivity contribution >= 4 is 18.0 Å². The van der Waals surface area contributed by atoms with Gasteiger partial charge in [-0.3, -0.25) is 9.59 Å². The molecule has 34 heavy (non-hydrogen) atoms. The van der Waals surface area contributed by atoms with Crippen molar-refractivity contribution in [1.82, 2.24) is 10.6 Å². The van der Waals surface area contributed by atoms with Crippen molar-refractivity contribution in [2.75, 3.05) is 13.2 Å². The standard InChI is InChI=1S/C27H34N2O5/c1-17(2)23(13-24(30)28-16-27(3,4)14-25(31)32)29-26(33)34-15-22-20-11-7-5-9-18(20)19-10-6-8-12-21(19)22/h5-12,17,22-23H,13-16H2,1-4H3,(H,28,30)(H,29,33)(H,31,32). The van der Waals surface area contributed by atoms with E-state index in [1.54, 1.807) is 13.8 Å². The summed E-state index contributed by atoms with van der Waals surface area (Å²) in [6, 6.07) is 15.9. The van der Waals surface area contributed by atoms with Crippen molar-refractivity contribution in [1.29, 1.82) is 0 Å². The minimum Gasteiger partial charge on any atom is -0.481 e. The first-order chi connectivity index (χ1) is 16.1. The number of carboxylic acids is 1. The van der Waals surface area contributed by atoms with Gasteiger partial charge in [0, 0.05) is 24.9 Å². The molecular formula is C27H34N2O5. The Kier molecular flexibility index (Phi) is 7.97. The Labute approximate surface area is 200 Å². The van der Waals surface area contributed by atoms with E-state index in [0.29, 0.717) is 0 Å². The van der Waals surface area contributed by atoms with E-state index in [9.17, 15) is 14.4 Å². The number of nitrogens with one attached hydrogen (secondary N) is 2. The summed E-state index contributed by atoms with van der Waals surface area (Å²) < 4.78 is 5.61.